The largest absolute Gasteiger partial charge is 0.448 e. The number of pyridine rings is 2. The lowest BCUT2D eigenvalue weighted by atomic mass is 10.1. The van der Waals surface area contributed by atoms with Gasteiger partial charge in [0.15, 0.2) is 0 Å². The summed E-state index contributed by atoms with van der Waals surface area (Å²) in [5.74, 6) is -0.228. The summed E-state index contributed by atoms with van der Waals surface area (Å²) in [6.07, 6.45) is 4.66. The Kier molecular flexibility index (Phi) is 4.46. The summed E-state index contributed by atoms with van der Waals surface area (Å²) >= 11 is 0. The highest BCUT2D eigenvalue weighted by Gasteiger charge is 2.23. The number of cyclic esters (lactones) is 1. The lowest BCUT2D eigenvalue weighted by Gasteiger charge is -2.13. The fourth-order valence-electron chi connectivity index (χ4n) is 2.34. The Labute approximate surface area is 133 Å². The van der Waals surface area contributed by atoms with E-state index in [4.69, 9.17) is 4.74 Å². The number of carbonyl (C=O) groups excluding carboxylic acids is 2. The first kappa shape index (κ1) is 15.0. The van der Waals surface area contributed by atoms with Gasteiger partial charge >= 0.3 is 6.09 Å². The highest BCUT2D eigenvalue weighted by atomic mass is 16.6. The van der Waals surface area contributed by atoms with Gasteiger partial charge in [0.2, 0.25) is 5.91 Å². The van der Waals surface area contributed by atoms with Gasteiger partial charge in [0.1, 0.15) is 13.2 Å². The minimum Gasteiger partial charge on any atom is -0.448 e. The zero-order valence-electron chi connectivity index (χ0n) is 12.4. The van der Waals surface area contributed by atoms with Gasteiger partial charge in [-0.15, -0.1) is 0 Å². The first-order valence-corrected chi connectivity index (χ1v) is 7.27. The number of aromatic nitrogens is 2. The van der Waals surface area contributed by atoms with Crippen LogP contribution in [0.1, 0.15) is 5.56 Å². The molecule has 0 bridgehead atoms. The lowest BCUT2D eigenvalue weighted by molar-refractivity contribution is -0.121. The summed E-state index contributed by atoms with van der Waals surface area (Å²) in [7, 11) is 0. The van der Waals surface area contributed by atoms with Crippen LogP contribution in [0.3, 0.4) is 0 Å². The van der Waals surface area contributed by atoms with E-state index >= 15 is 0 Å². The average Bonchev–Trinajstić information content (AvgIpc) is 2.99. The smallest absolute Gasteiger partial charge is 0.410 e. The number of hydrogen-bond acceptors (Lipinski definition) is 5. The van der Waals surface area contributed by atoms with Crippen molar-refractivity contribution in [3.63, 3.8) is 0 Å². The van der Waals surface area contributed by atoms with Crippen molar-refractivity contribution >= 4 is 12.0 Å². The number of hydrogen-bond donors (Lipinski definition) is 1. The first-order valence-electron chi connectivity index (χ1n) is 7.27. The van der Waals surface area contributed by atoms with Crippen LogP contribution in [-0.4, -0.2) is 46.6 Å². The molecule has 0 aliphatic carbocycles. The third kappa shape index (κ3) is 3.63. The van der Waals surface area contributed by atoms with Gasteiger partial charge in [0.05, 0.1) is 12.2 Å². The molecule has 3 heterocycles. The van der Waals surface area contributed by atoms with Crippen LogP contribution in [0, 0.1) is 0 Å². The van der Waals surface area contributed by atoms with E-state index in [1.807, 2.05) is 24.3 Å². The number of rotatable bonds is 5. The Hall–Kier alpha value is -2.96. The molecular weight excluding hydrogens is 296 g/mol. The Bertz CT molecular complexity index is 705. The van der Waals surface area contributed by atoms with Gasteiger partial charge in [0.25, 0.3) is 0 Å². The maximum Gasteiger partial charge on any atom is 0.410 e. The third-order valence-corrected chi connectivity index (χ3v) is 3.50. The van der Waals surface area contributed by atoms with E-state index in [9.17, 15) is 9.59 Å². The summed E-state index contributed by atoms with van der Waals surface area (Å²) in [6, 6.07) is 7.47. The molecular formula is C16H16N4O3. The number of nitrogens with zero attached hydrogens (tertiary/aromatic N) is 3. The van der Waals surface area contributed by atoms with Crippen LogP contribution in [0.5, 0.6) is 0 Å². The molecule has 1 fully saturated rings. The zero-order chi connectivity index (χ0) is 16.1. The van der Waals surface area contributed by atoms with Crippen molar-refractivity contribution in [2.45, 2.75) is 6.54 Å². The van der Waals surface area contributed by atoms with Gasteiger partial charge in [-0.2, -0.15) is 0 Å². The normalized spacial score (nSPS) is 13.7. The Morgan fingerprint density at radius 2 is 2.09 bits per heavy atom. The standard InChI is InChI=1S/C16H16N4O3/c21-14(11-20-8-9-23-16(20)22)19-10-13-2-1-5-18-15(13)12-3-6-17-7-4-12/h1-7H,8-11H2,(H,19,21). The minimum atomic E-state index is -0.445. The Morgan fingerprint density at radius 3 is 2.83 bits per heavy atom. The molecule has 1 saturated heterocycles. The molecule has 2 aromatic heterocycles. The Balaban J connectivity index is 1.64. The van der Waals surface area contributed by atoms with Crippen LogP contribution in [-0.2, 0) is 16.1 Å². The second kappa shape index (κ2) is 6.87. The molecule has 7 nitrogen and oxygen atoms in total. The molecule has 0 saturated carbocycles. The van der Waals surface area contributed by atoms with E-state index in [1.54, 1.807) is 18.6 Å². The predicted molar refractivity (Wildman–Crippen MR) is 82.2 cm³/mol. The SMILES string of the molecule is O=C(CN1CCOC1=O)NCc1cccnc1-c1ccncc1. The van der Waals surface area contributed by atoms with Crippen LogP contribution in [0.15, 0.2) is 42.9 Å². The van der Waals surface area contributed by atoms with Crippen LogP contribution in [0.25, 0.3) is 11.3 Å². The van der Waals surface area contributed by atoms with Crippen molar-refractivity contribution in [1.82, 2.24) is 20.2 Å². The number of nitrogens with one attached hydrogen (secondary N) is 1. The first-order chi connectivity index (χ1) is 11.2. The van der Waals surface area contributed by atoms with Crippen molar-refractivity contribution in [3.8, 4) is 11.3 Å². The second-order valence-corrected chi connectivity index (χ2v) is 5.06. The molecule has 0 atom stereocenters. The summed E-state index contributed by atoms with van der Waals surface area (Å²) < 4.78 is 4.80. The lowest BCUT2D eigenvalue weighted by Crippen LogP contribution is -2.37. The molecule has 2 aromatic rings. The third-order valence-electron chi connectivity index (χ3n) is 3.50. The summed E-state index contributed by atoms with van der Waals surface area (Å²) in [5.41, 5.74) is 2.64. The molecule has 7 heteroatoms. The maximum atomic E-state index is 12.0. The fourth-order valence-corrected chi connectivity index (χ4v) is 2.34. The van der Waals surface area contributed by atoms with Gasteiger partial charge in [-0.1, -0.05) is 6.07 Å². The molecule has 2 amide bonds. The highest BCUT2D eigenvalue weighted by Crippen LogP contribution is 2.19. The number of carbonyl (C=O) groups is 2. The highest BCUT2D eigenvalue weighted by molar-refractivity contribution is 5.82. The molecule has 0 radical (unpaired) electrons. The maximum absolute atomic E-state index is 12.0. The Morgan fingerprint density at radius 1 is 1.26 bits per heavy atom. The molecule has 0 unspecified atom stereocenters. The van der Waals surface area contributed by atoms with Crippen molar-refractivity contribution < 1.29 is 14.3 Å². The number of ether oxygens (including phenoxy) is 1. The van der Waals surface area contributed by atoms with Crippen molar-refractivity contribution in [2.75, 3.05) is 19.7 Å². The zero-order valence-corrected chi connectivity index (χ0v) is 12.4. The monoisotopic (exact) mass is 312 g/mol. The van der Waals surface area contributed by atoms with Crippen LogP contribution in [0.4, 0.5) is 4.79 Å². The summed E-state index contributed by atoms with van der Waals surface area (Å²) in [6.45, 7) is 1.12. The van der Waals surface area contributed by atoms with Gasteiger partial charge in [0, 0.05) is 30.7 Å². The molecule has 1 aliphatic rings. The molecule has 1 N–H and O–H groups in total. The summed E-state index contributed by atoms with van der Waals surface area (Å²) in [4.78, 5) is 33.1. The van der Waals surface area contributed by atoms with E-state index in [0.717, 1.165) is 16.8 Å². The molecule has 3 rings (SSSR count). The molecule has 0 spiro atoms. The summed E-state index contributed by atoms with van der Waals surface area (Å²) in [5, 5.41) is 2.81. The quantitative estimate of drug-likeness (QED) is 0.897. The van der Waals surface area contributed by atoms with Crippen molar-refractivity contribution in [3.05, 3.63) is 48.4 Å². The van der Waals surface area contributed by atoms with E-state index in [-0.39, 0.29) is 12.5 Å². The van der Waals surface area contributed by atoms with E-state index in [0.29, 0.717) is 19.7 Å². The van der Waals surface area contributed by atoms with Crippen molar-refractivity contribution in [2.24, 2.45) is 0 Å². The predicted octanol–water partition coefficient (Wildman–Crippen LogP) is 1.21. The molecule has 118 valence electrons. The van der Waals surface area contributed by atoms with E-state index in [1.165, 1.54) is 4.90 Å². The topological polar surface area (TPSA) is 84.4 Å². The second-order valence-electron chi connectivity index (χ2n) is 5.06. The molecule has 0 aromatic carbocycles. The van der Waals surface area contributed by atoms with Crippen molar-refractivity contribution in [1.29, 1.82) is 0 Å². The van der Waals surface area contributed by atoms with Crippen LogP contribution >= 0.6 is 0 Å². The van der Waals surface area contributed by atoms with E-state index < -0.39 is 6.09 Å². The van der Waals surface area contributed by atoms with Crippen LogP contribution in [0.2, 0.25) is 0 Å². The fraction of sp³-hybridized carbons (Fsp3) is 0.250. The average molecular weight is 312 g/mol. The molecule has 1 aliphatic heterocycles. The van der Waals surface area contributed by atoms with Gasteiger partial charge in [-0.3, -0.25) is 19.7 Å². The minimum absolute atomic E-state index is 0.00366. The van der Waals surface area contributed by atoms with Gasteiger partial charge < -0.3 is 10.1 Å². The number of amides is 2. The van der Waals surface area contributed by atoms with Crippen LogP contribution < -0.4 is 5.32 Å². The van der Waals surface area contributed by atoms with Gasteiger partial charge in [-0.25, -0.2) is 4.79 Å². The van der Waals surface area contributed by atoms with E-state index in [2.05, 4.69) is 15.3 Å². The molecule has 23 heavy (non-hydrogen) atoms. The van der Waals surface area contributed by atoms with Gasteiger partial charge in [-0.05, 0) is 23.8 Å².